The number of carbonyl (C=O) groups excluding carboxylic acids is 2. The molecule has 0 saturated carbocycles. The number of rotatable bonds is 19. The van der Waals surface area contributed by atoms with E-state index in [4.69, 9.17) is 12.8 Å². The summed E-state index contributed by atoms with van der Waals surface area (Å²) in [7, 11) is 0. The van der Waals surface area contributed by atoms with Gasteiger partial charge in [0.2, 0.25) is 0 Å². The van der Waals surface area contributed by atoms with E-state index < -0.39 is 10.8 Å². The maximum atomic E-state index is 15.8. The standard InChI is InChI=1S/C90H72N2O2S4/c1-11-17-21-23-25-27-31-65-38-46-69(47-39-65)89(67-42-33-59(7)34-43-67)73-55-72-74(54-71(73)85-75(89)53-62(10)96-85)90(68-44-35-60(8)36-45-68,70-48-40-66(41-49-70)32-28-26-24-22-18-12-2)76-56-80(98-86(72)76)77-51-52-79(97-77)84-82-81(87(93)92(84)58-64(16-6)30-20-14-4)83(78-50-37-61(9)95-78)91(88(82)94)57-63(15-5)29-19-13-3/h1-2,33-56,63-64H,13-16,19-20,29-30,57-58H2,3-10H3. The van der Waals surface area contributed by atoms with E-state index in [9.17, 15) is 0 Å². The van der Waals surface area contributed by atoms with Crippen molar-refractivity contribution in [2.45, 2.75) is 118 Å². The van der Waals surface area contributed by atoms with Crippen LogP contribution in [0, 0.1) is 135 Å². The fourth-order valence-corrected chi connectivity index (χ4v) is 19.3. The third kappa shape index (κ3) is 11.9. The second kappa shape index (κ2) is 28.5. The zero-order chi connectivity index (χ0) is 68.2. The Hall–Kier alpha value is -10.2. The Labute approximate surface area is 595 Å². The zero-order valence-corrected chi connectivity index (χ0v) is 59.8. The van der Waals surface area contributed by atoms with Crippen LogP contribution in [-0.2, 0) is 20.4 Å². The molecule has 2 amide bonds. The predicted octanol–water partition coefficient (Wildman–Crippen LogP) is 19.8. The van der Waals surface area contributed by atoms with Gasteiger partial charge in [-0.1, -0.05) is 162 Å². The summed E-state index contributed by atoms with van der Waals surface area (Å²) in [6, 6.07) is 54.2. The van der Waals surface area contributed by atoms with Crippen molar-refractivity contribution in [3.8, 4) is 126 Å². The van der Waals surface area contributed by atoms with Gasteiger partial charge in [0.05, 0.1) is 43.1 Å². The van der Waals surface area contributed by atoms with Crippen molar-refractivity contribution in [1.29, 1.82) is 0 Å². The predicted molar refractivity (Wildman–Crippen MR) is 410 cm³/mol. The average molecular weight is 1340 g/mol. The third-order valence-electron chi connectivity index (χ3n) is 19.7. The van der Waals surface area contributed by atoms with Crippen molar-refractivity contribution in [1.82, 2.24) is 9.80 Å². The largest absolute Gasteiger partial charge is 0.306 e. The lowest BCUT2D eigenvalue weighted by Crippen LogP contribution is -2.34. The van der Waals surface area contributed by atoms with E-state index in [0.29, 0.717) is 30.2 Å². The number of hydrogen-bond donors (Lipinski definition) is 0. The normalized spacial score (nSPS) is 16.4. The number of hydrogen-bond acceptors (Lipinski definition) is 6. The van der Waals surface area contributed by atoms with E-state index in [-0.39, 0.29) is 17.7 Å². The van der Waals surface area contributed by atoms with Gasteiger partial charge >= 0.3 is 0 Å². The molecule has 8 heteroatoms. The number of amides is 2. The van der Waals surface area contributed by atoms with E-state index >= 15 is 9.59 Å². The van der Waals surface area contributed by atoms with Crippen molar-refractivity contribution < 1.29 is 9.59 Å². The van der Waals surface area contributed by atoms with Crippen molar-refractivity contribution in [3.05, 3.63) is 243 Å². The van der Waals surface area contributed by atoms with Gasteiger partial charge < -0.3 is 9.80 Å². The van der Waals surface area contributed by atoms with Crippen LogP contribution in [0.3, 0.4) is 0 Å². The van der Waals surface area contributed by atoms with E-state index in [0.717, 1.165) is 115 Å². The molecule has 6 heterocycles. The number of terminal acetylenes is 2. The minimum absolute atomic E-state index is 0.0657. The highest BCUT2D eigenvalue weighted by molar-refractivity contribution is 7.24. The van der Waals surface area contributed by atoms with Gasteiger partial charge in [0.1, 0.15) is 0 Å². The van der Waals surface area contributed by atoms with Gasteiger partial charge in [-0.15, -0.1) is 58.2 Å². The van der Waals surface area contributed by atoms with Crippen LogP contribution in [0.1, 0.15) is 165 Å². The fourth-order valence-electron chi connectivity index (χ4n) is 14.9. The van der Waals surface area contributed by atoms with Crippen LogP contribution in [0.2, 0.25) is 0 Å². The molecule has 4 unspecified atom stereocenters. The highest BCUT2D eigenvalue weighted by Gasteiger charge is 2.54. The molecular weight excluding hydrogens is 1270 g/mol. The maximum absolute atomic E-state index is 15.8. The van der Waals surface area contributed by atoms with E-state index in [2.05, 4.69) is 284 Å². The molecule has 98 heavy (non-hydrogen) atoms. The number of benzene rings is 5. The summed E-state index contributed by atoms with van der Waals surface area (Å²) in [4.78, 5) is 44.4. The topological polar surface area (TPSA) is 40.6 Å². The van der Waals surface area contributed by atoms with Crippen molar-refractivity contribution in [3.63, 3.8) is 0 Å². The molecule has 0 bridgehead atoms. The van der Waals surface area contributed by atoms with E-state index in [1.165, 1.54) is 64.7 Å². The molecule has 0 N–H and O–H groups in total. The summed E-state index contributed by atoms with van der Waals surface area (Å²) >= 11 is 7.03. The van der Waals surface area contributed by atoms with Gasteiger partial charge in [0.25, 0.3) is 11.8 Å². The molecule has 2 aliphatic heterocycles. The summed E-state index contributed by atoms with van der Waals surface area (Å²) in [6.07, 6.45) is 18.9. The SMILES string of the molecule is C#CC#CC#CC#Cc1ccc(C2(c3ccc(C)cc3)c3cc4c(cc3-c3sc(C)cc32)C(c2ccc(C)cc2)(c2ccc(C#CC#CC#CC#C)cc2)c2cc(-c3ccc(C5=C6C(=O)N(CC(CC)CCCC)C(c7ccc(C)s7)=C6C(=O)N5CC(CC)CCCC)s3)sc2-4)cc1. The van der Waals surface area contributed by atoms with Crippen LogP contribution in [0.25, 0.3) is 42.0 Å². The molecule has 4 atom stereocenters. The summed E-state index contributed by atoms with van der Waals surface area (Å²) < 4.78 is 0. The quantitative estimate of drug-likeness (QED) is 0.0757. The minimum Gasteiger partial charge on any atom is -0.306 e. The van der Waals surface area contributed by atoms with Crippen molar-refractivity contribution in [2.24, 2.45) is 11.8 Å². The van der Waals surface area contributed by atoms with Gasteiger partial charge in [-0.25, -0.2) is 0 Å². The van der Waals surface area contributed by atoms with Crippen LogP contribution in [-0.4, -0.2) is 34.7 Å². The Bertz CT molecular complexity index is 5260. The van der Waals surface area contributed by atoms with E-state index in [1.807, 2.05) is 32.5 Å². The first kappa shape index (κ1) is 66.4. The monoisotopic (exact) mass is 1340 g/mol. The molecule has 0 fully saturated rings. The fraction of sp³-hybridized carbons (Fsp3) is 0.244. The first-order valence-electron chi connectivity index (χ1n) is 33.8. The summed E-state index contributed by atoms with van der Waals surface area (Å²) in [5, 5.41) is 0. The van der Waals surface area contributed by atoms with Gasteiger partial charge in [0, 0.05) is 53.5 Å². The molecule has 478 valence electrons. The smallest absolute Gasteiger partial charge is 0.261 e. The Morgan fingerprint density at radius 3 is 1.26 bits per heavy atom. The number of unbranched alkanes of at least 4 members (excludes halogenated alkanes) is 2. The Kier molecular flexibility index (Phi) is 19.3. The Morgan fingerprint density at radius 1 is 0.408 bits per heavy atom. The highest BCUT2D eigenvalue weighted by Crippen LogP contribution is 2.66. The molecule has 2 aliphatic carbocycles. The van der Waals surface area contributed by atoms with Gasteiger partial charge in [-0.05, 0) is 252 Å². The van der Waals surface area contributed by atoms with Crippen molar-refractivity contribution in [2.75, 3.05) is 13.1 Å². The number of fused-ring (bicyclic) bond motifs is 7. The molecule has 4 aromatic heterocycles. The van der Waals surface area contributed by atoms with Crippen molar-refractivity contribution >= 4 is 68.6 Å². The van der Waals surface area contributed by atoms with Crippen LogP contribution >= 0.6 is 45.3 Å². The first-order valence-corrected chi connectivity index (χ1v) is 37.1. The van der Waals surface area contributed by atoms with Crippen LogP contribution in [0.4, 0.5) is 0 Å². The number of thiophene rings is 4. The molecule has 0 spiro atoms. The summed E-state index contributed by atoms with van der Waals surface area (Å²) in [5.74, 6) is 39.1. The average Bonchev–Trinajstić information content (AvgIpc) is 1.50. The van der Waals surface area contributed by atoms with Crippen LogP contribution in [0.15, 0.2) is 157 Å². The van der Waals surface area contributed by atoms with E-state index in [1.54, 1.807) is 22.7 Å². The minimum atomic E-state index is -0.813. The number of nitrogens with zero attached hydrogens (tertiary/aromatic N) is 2. The summed E-state index contributed by atoms with van der Waals surface area (Å²) in [6.45, 7) is 18.7. The lowest BCUT2D eigenvalue weighted by atomic mass is 9.65. The second-order valence-corrected chi connectivity index (χ2v) is 30.4. The molecule has 5 aromatic carbocycles. The summed E-state index contributed by atoms with van der Waals surface area (Å²) in [5.41, 5.74) is 16.9. The van der Waals surface area contributed by atoms with Gasteiger partial charge in [-0.2, -0.15) is 0 Å². The third-order valence-corrected chi connectivity index (χ3v) is 24.3. The Morgan fingerprint density at radius 2 is 0.816 bits per heavy atom. The number of aryl methyl sites for hydroxylation is 4. The highest BCUT2D eigenvalue weighted by atomic mass is 32.1. The van der Waals surface area contributed by atoms with Gasteiger partial charge in [-0.3, -0.25) is 9.59 Å². The maximum Gasteiger partial charge on any atom is 0.261 e. The molecule has 4 nitrogen and oxygen atoms in total. The molecule has 9 aromatic rings. The molecule has 4 aliphatic rings. The second-order valence-electron chi connectivity index (χ2n) is 25.8. The molecular formula is C90H72N2O2S4. The molecule has 0 saturated heterocycles. The lowest BCUT2D eigenvalue weighted by molar-refractivity contribution is -0.124. The van der Waals surface area contributed by atoms with Crippen LogP contribution < -0.4 is 0 Å². The van der Waals surface area contributed by atoms with Gasteiger partial charge in [0.15, 0.2) is 0 Å². The molecule has 13 rings (SSSR count). The Balaban J connectivity index is 1.04. The molecule has 0 radical (unpaired) electrons. The zero-order valence-electron chi connectivity index (χ0n) is 56.6. The lowest BCUT2D eigenvalue weighted by Gasteiger charge is -2.35. The number of carbonyl (C=O) groups is 2. The van der Waals surface area contributed by atoms with Crippen LogP contribution in [0.5, 0.6) is 0 Å². The first-order chi connectivity index (χ1) is 47.8.